The van der Waals surface area contributed by atoms with Crippen LogP contribution >= 0.6 is 0 Å². The minimum absolute atomic E-state index is 0. The third-order valence-corrected chi connectivity index (χ3v) is 4.21. The Morgan fingerprint density at radius 2 is 0.385 bits per heavy atom. The molecular formula is C43H72O6Y3. The topological polar surface area (TPSA) is 88.4 Å². The Morgan fingerprint density at radius 3 is 0.538 bits per heavy atom. The van der Waals surface area contributed by atoms with Crippen molar-refractivity contribution in [3.63, 3.8) is 0 Å². The first kappa shape index (κ1) is 76.2. The molecule has 0 spiro atoms. The third-order valence-electron chi connectivity index (χ3n) is 4.21. The Labute approximate surface area is 396 Å². The number of fused-ring (bicyclic) bond motifs is 1. The smallest absolute Gasteiger partial charge is 0.0351 e. The fourth-order valence-corrected chi connectivity index (χ4v) is 2.78. The first-order chi connectivity index (χ1) is 24.2. The first-order valence-electron chi connectivity index (χ1n) is 16.3. The predicted molar refractivity (Wildman–Crippen MR) is 220 cm³/mol. The Hall–Kier alpha value is -0.568. The molecule has 52 heavy (non-hydrogen) atoms. The summed E-state index contributed by atoms with van der Waals surface area (Å²) in [6.07, 6.45) is 0. The Kier molecular flexibility index (Phi) is 122. The molecule has 0 amide bonds. The summed E-state index contributed by atoms with van der Waals surface area (Å²) < 4.78 is 12.8. The van der Waals surface area contributed by atoms with Crippen molar-refractivity contribution >= 4 is 10.8 Å². The summed E-state index contributed by atoms with van der Waals surface area (Å²) >= 11 is 0. The van der Waals surface area contributed by atoms with Crippen LogP contribution in [-0.4, -0.2) is 79.3 Å². The molecule has 5 aromatic rings. The largest absolute Gasteiger partial charge is 0.400 e. The monoisotopic (exact) mass is 951 g/mol. The maximum absolute atomic E-state index is 7.00. The molecule has 5 rings (SSSR count). The van der Waals surface area contributed by atoms with Crippen LogP contribution in [0, 0.1) is 0 Å². The molecule has 0 bridgehead atoms. The number of methoxy groups -OCH3 is 3. The Balaban J connectivity index is -0.0000000504. The molecule has 0 saturated heterocycles. The van der Waals surface area contributed by atoms with Gasteiger partial charge in [-0.2, -0.15) is 0 Å². The van der Waals surface area contributed by atoms with Gasteiger partial charge in [-0.1, -0.05) is 187 Å². The third kappa shape index (κ3) is 61.5. The Bertz CT molecular complexity index is 992. The maximum atomic E-state index is 7.00. The molecule has 0 unspecified atom stereocenters. The maximum Gasteiger partial charge on any atom is 0.0351 e. The van der Waals surface area contributed by atoms with Crippen LogP contribution in [0.25, 0.3) is 21.9 Å². The van der Waals surface area contributed by atoms with E-state index in [0.29, 0.717) is 0 Å². The van der Waals surface area contributed by atoms with Crippen LogP contribution in [0.5, 0.6) is 0 Å². The zero-order valence-electron chi connectivity index (χ0n) is 35.2. The molecule has 3 N–H and O–H groups in total. The molecule has 9 heteroatoms. The van der Waals surface area contributed by atoms with E-state index in [-0.39, 0.29) is 98.1 Å². The van der Waals surface area contributed by atoms with Crippen molar-refractivity contribution in [2.45, 2.75) is 41.5 Å². The molecule has 0 aliphatic heterocycles. The van der Waals surface area contributed by atoms with Gasteiger partial charge >= 0.3 is 0 Å². The van der Waals surface area contributed by atoms with E-state index in [1.54, 1.807) is 42.7 Å². The van der Waals surface area contributed by atoms with Gasteiger partial charge in [0.05, 0.1) is 0 Å². The molecule has 5 aromatic carbocycles. The van der Waals surface area contributed by atoms with Crippen molar-refractivity contribution in [2.24, 2.45) is 0 Å². The van der Waals surface area contributed by atoms with E-state index < -0.39 is 0 Å². The second kappa shape index (κ2) is 83.4. The molecule has 0 aliphatic carbocycles. The molecular weight excluding hydrogens is 879 g/mol. The fraction of sp³-hybridized carbons (Fsp3) is 0.349. The van der Waals surface area contributed by atoms with E-state index in [1.165, 1.54) is 21.9 Å². The number of ether oxygens (including phenoxy) is 3. The number of aliphatic hydroxyl groups excluding tert-OH is 3. The average molecular weight is 952 g/mol. The molecule has 0 atom stereocenters. The summed E-state index contributed by atoms with van der Waals surface area (Å²) in [4.78, 5) is 0. The second-order valence-corrected chi connectivity index (χ2v) is 7.46. The molecule has 0 fully saturated rings. The van der Waals surface area contributed by atoms with Crippen molar-refractivity contribution in [3.05, 3.63) is 146 Å². The summed E-state index contributed by atoms with van der Waals surface area (Å²) in [5, 5.41) is 23.6. The van der Waals surface area contributed by atoms with Crippen LogP contribution in [0.4, 0.5) is 0 Å². The van der Waals surface area contributed by atoms with Crippen molar-refractivity contribution in [1.29, 1.82) is 0 Å². The van der Waals surface area contributed by atoms with E-state index in [9.17, 15) is 0 Å². The van der Waals surface area contributed by atoms with E-state index in [1.807, 2.05) is 90.1 Å². The normalized spacial score (nSPS) is 6.81. The van der Waals surface area contributed by atoms with Crippen LogP contribution in [0.1, 0.15) is 41.5 Å². The van der Waals surface area contributed by atoms with Crippen molar-refractivity contribution in [3.8, 4) is 11.1 Å². The molecule has 0 aromatic heterocycles. The average Bonchev–Trinajstić information content (AvgIpc) is 3.22. The quantitative estimate of drug-likeness (QED) is 0.155. The minimum atomic E-state index is 0. The summed E-state index contributed by atoms with van der Waals surface area (Å²) in [6, 6.07) is 49.5. The molecule has 0 aliphatic rings. The summed E-state index contributed by atoms with van der Waals surface area (Å²) in [6.45, 7) is 12.0. The van der Waals surface area contributed by atoms with Gasteiger partial charge in [0, 0.05) is 162 Å². The number of hydrogen-bond acceptors (Lipinski definition) is 6. The van der Waals surface area contributed by atoms with Crippen molar-refractivity contribution < 1.29 is 128 Å². The van der Waals surface area contributed by atoms with Crippen LogP contribution < -0.4 is 0 Å². The van der Waals surface area contributed by atoms with Gasteiger partial charge in [0.25, 0.3) is 0 Å². The molecule has 6 nitrogen and oxygen atoms in total. The van der Waals surface area contributed by atoms with E-state index in [4.69, 9.17) is 15.3 Å². The summed E-state index contributed by atoms with van der Waals surface area (Å²) in [7, 11) is 12.8. The molecule has 3 radical (unpaired) electrons. The summed E-state index contributed by atoms with van der Waals surface area (Å²) in [5.41, 5.74) is 2.55. The number of rotatable bonds is 1. The van der Waals surface area contributed by atoms with Gasteiger partial charge in [0.15, 0.2) is 0 Å². The second-order valence-electron chi connectivity index (χ2n) is 7.46. The molecule has 0 heterocycles. The Morgan fingerprint density at radius 1 is 0.269 bits per heavy atom. The van der Waals surface area contributed by atoms with Crippen molar-refractivity contribution in [2.75, 3.05) is 64.0 Å². The van der Waals surface area contributed by atoms with Gasteiger partial charge in [-0.05, 0) is 21.9 Å². The summed E-state index contributed by atoms with van der Waals surface area (Å²) in [5.74, 6) is 0. The van der Waals surface area contributed by atoms with Gasteiger partial charge in [0.1, 0.15) is 0 Å². The number of hydrogen-bond donors (Lipinski definition) is 3. The van der Waals surface area contributed by atoms with Crippen LogP contribution in [0.2, 0.25) is 0 Å². The minimum Gasteiger partial charge on any atom is -0.400 e. The standard InChI is InChI=1S/C12H10.C10H8.C6H6.3C2H6O.3C2H6.3CH4O.3Y/c1-3-7-11(8-4-1)12-9-5-2-6-10-12;1-2-6-10-8-4-3-7-9(10)5-1;1-2-4-6-5-3-1;3*1-3-2;6*1-2;;;/h1-10H;1-8H;1-6H;3*1-2H3;3*1-2H3;3*2H,1H3;;;. The van der Waals surface area contributed by atoms with Crippen LogP contribution in [0.3, 0.4) is 0 Å². The molecule has 289 valence electrons. The van der Waals surface area contributed by atoms with E-state index >= 15 is 0 Å². The first-order valence-corrected chi connectivity index (χ1v) is 16.3. The van der Waals surface area contributed by atoms with Gasteiger partial charge in [-0.25, -0.2) is 0 Å². The SMILES string of the molecule is CC.CC.CC.CO.CO.CO.COC.COC.COC.[Y].[Y].[Y].c1ccc(-c2ccccc2)cc1.c1ccc2ccccc2c1.c1ccccc1. The zero-order chi connectivity index (χ0) is 39.4. The van der Waals surface area contributed by atoms with Crippen molar-refractivity contribution in [1.82, 2.24) is 0 Å². The van der Waals surface area contributed by atoms with Gasteiger partial charge in [-0.3, -0.25) is 0 Å². The molecule has 0 saturated carbocycles. The number of benzene rings is 5. The van der Waals surface area contributed by atoms with Gasteiger partial charge < -0.3 is 29.5 Å². The van der Waals surface area contributed by atoms with Crippen LogP contribution in [-0.2, 0) is 112 Å². The number of aliphatic hydroxyl groups is 3. The fourth-order valence-electron chi connectivity index (χ4n) is 2.78. The van der Waals surface area contributed by atoms with Gasteiger partial charge in [-0.15, -0.1) is 0 Å². The van der Waals surface area contributed by atoms with E-state index in [2.05, 4.69) is 111 Å². The van der Waals surface area contributed by atoms with Crippen LogP contribution in [0.15, 0.2) is 146 Å². The van der Waals surface area contributed by atoms with Gasteiger partial charge in [0.2, 0.25) is 0 Å². The predicted octanol–water partition coefficient (Wildman–Crippen LogP) is 10.6. The zero-order valence-corrected chi connectivity index (χ0v) is 43.7. The van der Waals surface area contributed by atoms with E-state index in [0.717, 1.165) is 21.3 Å².